The fourth-order valence-electron chi connectivity index (χ4n) is 9.75. The smallest absolute Gasteiger partial charge is 0.394 e. The van der Waals surface area contributed by atoms with Crippen molar-refractivity contribution in [1.29, 1.82) is 0 Å². The van der Waals surface area contributed by atoms with Crippen molar-refractivity contribution < 1.29 is 51.8 Å². The van der Waals surface area contributed by atoms with Gasteiger partial charge >= 0.3 is 10.4 Å². The molecule has 416 valence electrons. The molecule has 0 radical (unpaired) electrons. The predicted molar refractivity (Wildman–Crippen MR) is 287 cm³/mol. The van der Waals surface area contributed by atoms with E-state index < -0.39 is 59.9 Å². The molecule has 1 aliphatic rings. The predicted octanol–water partition coefficient (Wildman–Crippen LogP) is 13.8. The molecule has 7 atom stereocenters. The van der Waals surface area contributed by atoms with E-state index in [4.69, 9.17) is 9.47 Å². The Bertz CT molecular complexity index is 1290. The molecular weight excluding hydrogens is 907 g/mol. The first kappa shape index (κ1) is 66.9. The van der Waals surface area contributed by atoms with E-state index in [-0.39, 0.29) is 18.9 Å². The van der Waals surface area contributed by atoms with Gasteiger partial charge in [0, 0.05) is 6.42 Å². The second-order valence-electron chi connectivity index (χ2n) is 20.9. The van der Waals surface area contributed by atoms with Crippen molar-refractivity contribution in [1.82, 2.24) is 5.32 Å². The van der Waals surface area contributed by atoms with Crippen LogP contribution in [0.1, 0.15) is 290 Å². The van der Waals surface area contributed by atoms with E-state index in [2.05, 4.69) is 23.3 Å². The first-order valence-corrected chi connectivity index (χ1v) is 30.9. The zero-order valence-electron chi connectivity index (χ0n) is 45.1. The van der Waals surface area contributed by atoms with E-state index in [0.29, 0.717) is 6.42 Å². The Labute approximate surface area is 430 Å². The summed E-state index contributed by atoms with van der Waals surface area (Å²) in [4.78, 5) is 13.1. The van der Waals surface area contributed by atoms with Crippen molar-refractivity contribution in [3.8, 4) is 0 Å². The summed E-state index contributed by atoms with van der Waals surface area (Å²) in [5.41, 5.74) is 0. The van der Waals surface area contributed by atoms with Gasteiger partial charge in [0.05, 0.1) is 25.4 Å². The number of unbranched alkanes of at least 4 members (excludes halogenated alkanes) is 40. The maximum atomic E-state index is 13.1. The average molecular weight is 1020 g/mol. The molecule has 0 aromatic rings. The molecule has 1 amide bonds. The van der Waals surface area contributed by atoms with Crippen molar-refractivity contribution >= 4 is 16.3 Å². The quantitative estimate of drug-likeness (QED) is 0.0193. The summed E-state index contributed by atoms with van der Waals surface area (Å²) in [7, 11) is -5.08. The number of carbonyl (C=O) groups is 1. The van der Waals surface area contributed by atoms with E-state index in [9.17, 15) is 38.2 Å². The number of rotatable bonds is 52. The van der Waals surface area contributed by atoms with Crippen LogP contribution in [0.2, 0.25) is 0 Å². The summed E-state index contributed by atoms with van der Waals surface area (Å²) in [6.45, 7) is 3.41. The topological polar surface area (TPSA) is 192 Å². The number of aliphatic hydroxyl groups is 4. The highest BCUT2D eigenvalue weighted by atomic mass is 32.3. The SMILES string of the molecule is CCCCCCCCCCC/C=C/C(O)C(COC1OC(CO)C(O)C(OS(=O)(=O)O)C1O)NC(=O)CCCCCCCCCCCCCCCCCCCCCCCCCCCCCCCCCC. The molecular formula is C57H111NO11S. The summed E-state index contributed by atoms with van der Waals surface area (Å²) in [6, 6.07) is -0.939. The molecule has 0 aromatic heterocycles. The van der Waals surface area contributed by atoms with Crippen LogP contribution in [-0.2, 0) is 28.9 Å². The van der Waals surface area contributed by atoms with Crippen LogP contribution < -0.4 is 5.32 Å². The molecule has 0 spiro atoms. The van der Waals surface area contributed by atoms with Crippen molar-refractivity contribution in [3.63, 3.8) is 0 Å². The number of aliphatic hydroxyl groups excluding tert-OH is 4. The molecule has 1 saturated heterocycles. The maximum absolute atomic E-state index is 13.1. The van der Waals surface area contributed by atoms with Crippen LogP contribution in [0.4, 0.5) is 0 Å². The summed E-state index contributed by atoms with van der Waals surface area (Å²) < 4.78 is 47.7. The third kappa shape index (κ3) is 39.3. The summed E-state index contributed by atoms with van der Waals surface area (Å²) in [5.74, 6) is -0.257. The van der Waals surface area contributed by atoms with E-state index in [0.717, 1.165) is 38.5 Å². The summed E-state index contributed by atoms with van der Waals surface area (Å²) in [5, 5.41) is 44.8. The van der Waals surface area contributed by atoms with Gasteiger partial charge < -0.3 is 35.2 Å². The Morgan fingerprint density at radius 2 is 0.900 bits per heavy atom. The minimum atomic E-state index is -5.08. The number of hydrogen-bond donors (Lipinski definition) is 6. The molecule has 0 bridgehead atoms. The van der Waals surface area contributed by atoms with Crippen LogP contribution >= 0.6 is 0 Å². The molecule has 7 unspecified atom stereocenters. The van der Waals surface area contributed by atoms with Gasteiger partial charge in [-0.05, 0) is 19.3 Å². The van der Waals surface area contributed by atoms with Gasteiger partial charge in [-0.3, -0.25) is 9.35 Å². The highest BCUT2D eigenvalue weighted by Crippen LogP contribution is 2.26. The van der Waals surface area contributed by atoms with E-state index in [1.165, 1.54) is 225 Å². The lowest BCUT2D eigenvalue weighted by atomic mass is 9.99. The van der Waals surface area contributed by atoms with Crippen LogP contribution in [0.25, 0.3) is 0 Å². The van der Waals surface area contributed by atoms with Gasteiger partial charge in [-0.25, -0.2) is 4.18 Å². The van der Waals surface area contributed by atoms with Gasteiger partial charge in [0.15, 0.2) is 6.29 Å². The van der Waals surface area contributed by atoms with Crippen LogP contribution in [-0.4, -0.2) is 95.4 Å². The normalized spacial score (nSPS) is 19.6. The van der Waals surface area contributed by atoms with Gasteiger partial charge in [-0.15, -0.1) is 0 Å². The summed E-state index contributed by atoms with van der Waals surface area (Å²) >= 11 is 0. The maximum Gasteiger partial charge on any atom is 0.397 e. The van der Waals surface area contributed by atoms with Gasteiger partial charge in [0.25, 0.3) is 0 Å². The first-order chi connectivity index (χ1) is 34.0. The summed E-state index contributed by atoms with van der Waals surface area (Å²) in [6.07, 6.45) is 48.7. The highest BCUT2D eigenvalue weighted by molar-refractivity contribution is 7.80. The Morgan fingerprint density at radius 1 is 0.557 bits per heavy atom. The molecule has 13 heteroatoms. The number of amides is 1. The lowest BCUT2D eigenvalue weighted by Crippen LogP contribution is -2.61. The van der Waals surface area contributed by atoms with Gasteiger partial charge in [-0.2, -0.15) is 8.42 Å². The zero-order valence-corrected chi connectivity index (χ0v) is 45.9. The van der Waals surface area contributed by atoms with Crippen molar-refractivity contribution in [3.05, 3.63) is 12.2 Å². The number of hydrogen-bond acceptors (Lipinski definition) is 10. The monoisotopic (exact) mass is 1020 g/mol. The fraction of sp³-hybridized carbons (Fsp3) is 0.947. The Balaban J connectivity index is 2.19. The van der Waals surface area contributed by atoms with Crippen LogP contribution in [0.3, 0.4) is 0 Å². The molecule has 0 aromatic carbocycles. The number of allylic oxidation sites excluding steroid dienone is 1. The number of ether oxygens (including phenoxy) is 2. The molecule has 1 aliphatic heterocycles. The van der Waals surface area contributed by atoms with Gasteiger partial charge in [-0.1, -0.05) is 276 Å². The minimum Gasteiger partial charge on any atom is -0.394 e. The van der Waals surface area contributed by atoms with Crippen molar-refractivity contribution in [2.45, 2.75) is 333 Å². The van der Waals surface area contributed by atoms with Gasteiger partial charge in [0.1, 0.15) is 24.4 Å². The first-order valence-electron chi connectivity index (χ1n) is 29.6. The van der Waals surface area contributed by atoms with Crippen molar-refractivity contribution in [2.24, 2.45) is 0 Å². The third-order valence-electron chi connectivity index (χ3n) is 14.3. The molecule has 1 rings (SSSR count). The Hall–Kier alpha value is -1.16. The molecule has 12 nitrogen and oxygen atoms in total. The lowest BCUT2D eigenvalue weighted by Gasteiger charge is -2.41. The lowest BCUT2D eigenvalue weighted by molar-refractivity contribution is -0.298. The van der Waals surface area contributed by atoms with Crippen LogP contribution in [0.15, 0.2) is 12.2 Å². The largest absolute Gasteiger partial charge is 0.397 e. The zero-order chi connectivity index (χ0) is 51.2. The molecule has 0 aliphatic carbocycles. The molecule has 1 heterocycles. The second-order valence-corrected chi connectivity index (χ2v) is 22.0. The molecule has 1 fully saturated rings. The van der Waals surface area contributed by atoms with Gasteiger partial charge in [0.2, 0.25) is 5.91 Å². The van der Waals surface area contributed by atoms with E-state index >= 15 is 0 Å². The molecule has 70 heavy (non-hydrogen) atoms. The number of nitrogens with one attached hydrogen (secondary N) is 1. The Kier molecular flexibility index (Phi) is 45.4. The molecule has 6 N–H and O–H groups in total. The molecule has 0 saturated carbocycles. The third-order valence-corrected chi connectivity index (χ3v) is 14.8. The van der Waals surface area contributed by atoms with E-state index in [1.54, 1.807) is 6.08 Å². The van der Waals surface area contributed by atoms with Crippen molar-refractivity contribution in [2.75, 3.05) is 13.2 Å². The number of carbonyl (C=O) groups excluding carboxylic acids is 1. The second kappa shape index (κ2) is 47.5. The fourth-order valence-corrected chi connectivity index (χ4v) is 10.3. The minimum absolute atomic E-state index is 0.257. The van der Waals surface area contributed by atoms with E-state index in [1.807, 2.05) is 6.08 Å². The average Bonchev–Trinajstić information content (AvgIpc) is 3.33. The van der Waals surface area contributed by atoms with Crippen LogP contribution in [0, 0.1) is 0 Å². The highest BCUT2D eigenvalue weighted by Gasteiger charge is 2.48. The van der Waals surface area contributed by atoms with Crippen LogP contribution in [0.5, 0.6) is 0 Å². The standard InChI is InChI=1S/C57H111NO11S/c1-3-5-7-9-11-13-15-16-17-18-19-20-21-22-23-24-25-26-27-28-29-30-31-32-33-34-35-37-39-41-43-45-47-53(61)58-50(51(60)46-44-42-40-38-36-14-12-10-8-6-4-2)49-67-57-55(63)56(69-70(64,65)66)54(62)52(48-59)68-57/h44,46,50-52,54-57,59-60,62-63H,3-43,45,47-49H2,1-2H3,(H,58,61)(H,64,65,66)/b46-44+. The Morgan fingerprint density at radius 3 is 1.24 bits per heavy atom.